The van der Waals surface area contributed by atoms with Gasteiger partial charge in [-0.1, -0.05) is 20.8 Å². The van der Waals surface area contributed by atoms with E-state index in [-0.39, 0.29) is 29.4 Å². The van der Waals surface area contributed by atoms with E-state index < -0.39 is 29.9 Å². The number of nitrogens with zero attached hydrogens (tertiary/aromatic N) is 4. The molecule has 142 valence electrons. The van der Waals surface area contributed by atoms with Crippen LogP contribution in [0.1, 0.15) is 33.6 Å². The fraction of sp³-hybridized carbons (Fsp3) is 0.562. The molecule has 2 heterocycles. The van der Waals surface area contributed by atoms with Gasteiger partial charge in [-0.25, -0.2) is 14.3 Å². The highest BCUT2D eigenvalue weighted by atomic mass is 16.5. The van der Waals surface area contributed by atoms with Gasteiger partial charge in [-0.3, -0.25) is 19.0 Å². The summed E-state index contributed by atoms with van der Waals surface area (Å²) in [6.07, 6.45) is 0.799. The highest BCUT2D eigenvalue weighted by Gasteiger charge is 2.20. The van der Waals surface area contributed by atoms with Crippen molar-refractivity contribution in [2.24, 2.45) is 12.5 Å². The van der Waals surface area contributed by atoms with Crippen LogP contribution in [-0.2, 0) is 34.6 Å². The molecule has 10 nitrogen and oxygen atoms in total. The molecule has 10 heteroatoms. The van der Waals surface area contributed by atoms with E-state index in [1.165, 1.54) is 13.4 Å². The Hall–Kier alpha value is -2.91. The molecule has 26 heavy (non-hydrogen) atoms. The molecule has 0 atom stereocenters. The van der Waals surface area contributed by atoms with Crippen LogP contribution in [-0.4, -0.2) is 35.7 Å². The molecule has 1 N–H and O–H groups in total. The third-order valence-electron chi connectivity index (χ3n) is 3.64. The first-order chi connectivity index (χ1) is 12.0. The van der Waals surface area contributed by atoms with Gasteiger partial charge >= 0.3 is 17.6 Å². The normalized spacial score (nSPS) is 11.7. The Morgan fingerprint density at radius 2 is 1.88 bits per heavy atom. The molecule has 0 saturated carbocycles. The molecular formula is C16H22N4O6. The SMILES string of the molecule is Cn1c(=O)c2c(ncn2CC(C)(C)C)n(COC(=O)CCC(=O)O)c1=O. The molecule has 0 aliphatic rings. The predicted molar refractivity (Wildman–Crippen MR) is 91.7 cm³/mol. The van der Waals surface area contributed by atoms with Gasteiger partial charge < -0.3 is 14.4 Å². The molecule has 0 bridgehead atoms. The van der Waals surface area contributed by atoms with Crippen molar-refractivity contribution in [2.75, 3.05) is 0 Å². The Labute approximate surface area is 148 Å². The predicted octanol–water partition coefficient (Wildman–Crippen LogP) is 0.308. The topological polar surface area (TPSA) is 125 Å². The third kappa shape index (κ3) is 4.19. The molecule has 0 fully saturated rings. The van der Waals surface area contributed by atoms with Crippen LogP contribution < -0.4 is 11.2 Å². The van der Waals surface area contributed by atoms with Crippen molar-refractivity contribution in [1.82, 2.24) is 18.7 Å². The maximum atomic E-state index is 12.5. The zero-order valence-corrected chi connectivity index (χ0v) is 15.2. The summed E-state index contributed by atoms with van der Waals surface area (Å²) < 4.78 is 8.64. The molecule has 0 saturated heterocycles. The number of aromatic nitrogens is 4. The van der Waals surface area contributed by atoms with Crippen LogP contribution in [0.15, 0.2) is 15.9 Å². The largest absolute Gasteiger partial charge is 0.481 e. The fourth-order valence-corrected chi connectivity index (χ4v) is 2.47. The number of carboxylic acids is 1. The average Bonchev–Trinajstić information content (AvgIpc) is 2.92. The number of carboxylic acid groups (broad SMARTS) is 1. The maximum Gasteiger partial charge on any atom is 0.335 e. The molecule has 2 aromatic heterocycles. The molecule has 0 aliphatic heterocycles. The number of carbonyl (C=O) groups is 2. The zero-order valence-electron chi connectivity index (χ0n) is 15.2. The van der Waals surface area contributed by atoms with Gasteiger partial charge in [0.25, 0.3) is 5.56 Å². The van der Waals surface area contributed by atoms with Gasteiger partial charge in [0.1, 0.15) is 0 Å². The number of carbonyl (C=O) groups excluding carboxylic acids is 1. The number of imidazole rings is 1. The fourth-order valence-electron chi connectivity index (χ4n) is 2.47. The standard InChI is InChI=1S/C16H22N4O6/c1-16(2,3)7-19-8-17-13-12(19)14(24)18(4)15(25)20(13)9-26-11(23)6-5-10(21)22/h8H,5-7,9H2,1-4H3,(H,21,22). The first-order valence-corrected chi connectivity index (χ1v) is 8.03. The quantitative estimate of drug-likeness (QED) is 0.729. The first kappa shape index (κ1) is 19.4. The summed E-state index contributed by atoms with van der Waals surface area (Å²) in [5.74, 6) is -1.88. The third-order valence-corrected chi connectivity index (χ3v) is 3.64. The molecule has 0 spiro atoms. The minimum absolute atomic E-state index is 0.119. The van der Waals surface area contributed by atoms with Gasteiger partial charge in [-0.2, -0.15) is 0 Å². The second-order valence-corrected chi connectivity index (χ2v) is 7.22. The number of aliphatic carboxylic acids is 1. The van der Waals surface area contributed by atoms with Gasteiger partial charge in [0.05, 0.1) is 19.2 Å². The van der Waals surface area contributed by atoms with Crippen LogP contribution in [0.5, 0.6) is 0 Å². The van der Waals surface area contributed by atoms with Crippen LogP contribution in [0.25, 0.3) is 11.2 Å². The molecule has 0 aliphatic carbocycles. The molecular weight excluding hydrogens is 344 g/mol. The highest BCUT2D eigenvalue weighted by molar-refractivity contribution is 5.76. The first-order valence-electron chi connectivity index (χ1n) is 8.03. The van der Waals surface area contributed by atoms with E-state index in [1.54, 1.807) is 4.57 Å². The van der Waals surface area contributed by atoms with Gasteiger partial charge in [0.15, 0.2) is 17.9 Å². The van der Waals surface area contributed by atoms with Gasteiger partial charge in [0.2, 0.25) is 0 Å². The summed E-state index contributed by atoms with van der Waals surface area (Å²) >= 11 is 0. The minimum Gasteiger partial charge on any atom is -0.481 e. The molecule has 0 radical (unpaired) electrons. The van der Waals surface area contributed by atoms with Gasteiger partial charge in [0, 0.05) is 13.6 Å². The highest BCUT2D eigenvalue weighted by Crippen LogP contribution is 2.18. The van der Waals surface area contributed by atoms with Crippen molar-refractivity contribution in [3.63, 3.8) is 0 Å². The van der Waals surface area contributed by atoms with Crippen LogP contribution in [0.2, 0.25) is 0 Å². The monoisotopic (exact) mass is 366 g/mol. The summed E-state index contributed by atoms with van der Waals surface area (Å²) in [5, 5.41) is 8.58. The van der Waals surface area contributed by atoms with E-state index in [2.05, 4.69) is 4.98 Å². The lowest BCUT2D eigenvalue weighted by Crippen LogP contribution is -2.39. The van der Waals surface area contributed by atoms with E-state index in [0.29, 0.717) is 6.54 Å². The van der Waals surface area contributed by atoms with Gasteiger partial charge in [-0.15, -0.1) is 0 Å². The number of ether oxygens (including phenoxy) is 1. The molecule has 2 aromatic rings. The van der Waals surface area contributed by atoms with Crippen LogP contribution in [0, 0.1) is 5.41 Å². The number of rotatable bonds is 6. The zero-order chi connectivity index (χ0) is 19.6. The Morgan fingerprint density at radius 3 is 2.46 bits per heavy atom. The molecule has 0 aromatic carbocycles. The summed E-state index contributed by atoms with van der Waals surface area (Å²) in [4.78, 5) is 51.1. The average molecular weight is 366 g/mol. The second kappa shape index (κ2) is 7.14. The number of esters is 1. The maximum absolute atomic E-state index is 12.5. The van der Waals surface area contributed by atoms with Crippen LogP contribution in [0.4, 0.5) is 0 Å². The lowest BCUT2D eigenvalue weighted by Gasteiger charge is -2.19. The van der Waals surface area contributed by atoms with Crippen molar-refractivity contribution < 1.29 is 19.4 Å². The van der Waals surface area contributed by atoms with E-state index in [4.69, 9.17) is 9.84 Å². The van der Waals surface area contributed by atoms with Crippen molar-refractivity contribution in [3.05, 3.63) is 27.2 Å². The summed E-state index contributed by atoms with van der Waals surface area (Å²) in [5.41, 5.74) is -0.921. The lowest BCUT2D eigenvalue weighted by atomic mass is 9.97. The number of hydrogen-bond acceptors (Lipinski definition) is 6. The van der Waals surface area contributed by atoms with Gasteiger partial charge in [-0.05, 0) is 5.41 Å². The Kier molecular flexibility index (Phi) is 5.33. The van der Waals surface area contributed by atoms with E-state index in [9.17, 15) is 19.2 Å². The van der Waals surface area contributed by atoms with Crippen LogP contribution >= 0.6 is 0 Å². The van der Waals surface area contributed by atoms with E-state index >= 15 is 0 Å². The van der Waals surface area contributed by atoms with Crippen molar-refractivity contribution in [3.8, 4) is 0 Å². The summed E-state index contributed by atoms with van der Waals surface area (Å²) in [7, 11) is 1.33. The smallest absolute Gasteiger partial charge is 0.335 e. The minimum atomic E-state index is -1.12. The van der Waals surface area contributed by atoms with E-state index in [1.807, 2.05) is 20.8 Å². The Bertz CT molecular complexity index is 960. The summed E-state index contributed by atoms with van der Waals surface area (Å²) in [6, 6.07) is 0. The number of hydrogen-bond donors (Lipinski definition) is 1. The molecule has 2 rings (SSSR count). The summed E-state index contributed by atoms with van der Waals surface area (Å²) in [6.45, 7) is 6.07. The second-order valence-electron chi connectivity index (χ2n) is 7.22. The van der Waals surface area contributed by atoms with E-state index in [0.717, 1.165) is 9.13 Å². The molecule has 0 amide bonds. The number of fused-ring (bicyclic) bond motifs is 1. The van der Waals surface area contributed by atoms with Crippen molar-refractivity contribution >= 4 is 23.1 Å². The van der Waals surface area contributed by atoms with Crippen molar-refractivity contribution in [1.29, 1.82) is 0 Å². The lowest BCUT2D eigenvalue weighted by molar-refractivity contribution is -0.150. The van der Waals surface area contributed by atoms with Crippen molar-refractivity contribution in [2.45, 2.75) is 46.9 Å². The Morgan fingerprint density at radius 1 is 1.23 bits per heavy atom. The Balaban J connectivity index is 2.41. The molecule has 0 unspecified atom stereocenters. The van der Waals surface area contributed by atoms with Crippen LogP contribution in [0.3, 0.4) is 0 Å².